The van der Waals surface area contributed by atoms with E-state index in [1.54, 1.807) is 19.2 Å². The maximum Gasteiger partial charge on any atom is 0.242 e. The van der Waals surface area contributed by atoms with Crippen LogP contribution in [-0.2, 0) is 16.6 Å². The number of benzene rings is 2. The molecule has 8 nitrogen and oxygen atoms in total. The Bertz CT molecular complexity index is 1130. The highest BCUT2D eigenvalue weighted by Crippen LogP contribution is 2.27. The van der Waals surface area contributed by atoms with E-state index in [1.165, 1.54) is 26.2 Å². The van der Waals surface area contributed by atoms with E-state index < -0.39 is 10.0 Å². The molecule has 3 rings (SSSR count). The number of anilines is 1. The average molecular weight is 412 g/mol. The molecule has 0 saturated carbocycles. The van der Waals surface area contributed by atoms with Crippen LogP contribution >= 0.6 is 0 Å². The fraction of sp³-hybridized carbons (Fsp3) is 0.200. The Hall–Kier alpha value is -3.35. The Morgan fingerprint density at radius 3 is 2.34 bits per heavy atom. The molecule has 0 radical (unpaired) electrons. The molecule has 0 aliphatic heterocycles. The van der Waals surface area contributed by atoms with E-state index in [4.69, 9.17) is 9.15 Å². The van der Waals surface area contributed by atoms with Gasteiger partial charge in [0.2, 0.25) is 27.5 Å². The fourth-order valence-corrected chi connectivity index (χ4v) is 3.45. The van der Waals surface area contributed by atoms with Crippen LogP contribution in [0.5, 0.6) is 5.75 Å². The van der Waals surface area contributed by atoms with Crippen molar-refractivity contribution in [1.82, 2.24) is 9.29 Å². The van der Waals surface area contributed by atoms with Crippen molar-refractivity contribution in [2.45, 2.75) is 11.4 Å². The van der Waals surface area contributed by atoms with Gasteiger partial charge in [0, 0.05) is 26.2 Å². The Balaban J connectivity index is 1.79. The largest absolute Gasteiger partial charge is 0.497 e. The molecule has 0 atom stereocenters. The van der Waals surface area contributed by atoms with E-state index in [-0.39, 0.29) is 22.4 Å². The summed E-state index contributed by atoms with van der Waals surface area (Å²) in [7, 11) is 1.02. The lowest BCUT2D eigenvalue weighted by Gasteiger charge is -2.11. The predicted molar refractivity (Wildman–Crippen MR) is 108 cm³/mol. The molecule has 9 heteroatoms. The second-order valence-corrected chi connectivity index (χ2v) is 8.47. The maximum atomic E-state index is 12.2. The van der Waals surface area contributed by atoms with E-state index in [1.807, 2.05) is 30.3 Å². The molecule has 2 aromatic carbocycles. The summed E-state index contributed by atoms with van der Waals surface area (Å²) in [5.41, 5.74) is 1.67. The van der Waals surface area contributed by atoms with Crippen molar-refractivity contribution in [1.29, 1.82) is 5.26 Å². The van der Waals surface area contributed by atoms with Crippen molar-refractivity contribution < 1.29 is 17.6 Å². The van der Waals surface area contributed by atoms with Crippen molar-refractivity contribution in [2.75, 3.05) is 26.5 Å². The van der Waals surface area contributed by atoms with Crippen LogP contribution in [0.3, 0.4) is 0 Å². The zero-order valence-corrected chi connectivity index (χ0v) is 17.0. The fourth-order valence-electron chi connectivity index (χ4n) is 2.55. The smallest absolute Gasteiger partial charge is 0.242 e. The molecule has 0 amide bonds. The first kappa shape index (κ1) is 20.4. The summed E-state index contributed by atoms with van der Waals surface area (Å²) in [6.45, 7) is 0.438. The summed E-state index contributed by atoms with van der Waals surface area (Å²) in [6.07, 6.45) is 0. The van der Waals surface area contributed by atoms with E-state index in [0.29, 0.717) is 12.1 Å². The number of nitriles is 1. The quantitative estimate of drug-likeness (QED) is 0.635. The third-order valence-corrected chi connectivity index (χ3v) is 6.05. The molecule has 3 aromatic rings. The molecule has 0 aliphatic rings. The summed E-state index contributed by atoms with van der Waals surface area (Å²) in [6, 6.07) is 15.6. The minimum Gasteiger partial charge on any atom is -0.497 e. The van der Waals surface area contributed by atoms with Gasteiger partial charge in [-0.15, -0.1) is 0 Å². The minimum atomic E-state index is -3.52. The average Bonchev–Trinajstić information content (AvgIpc) is 3.16. The lowest BCUT2D eigenvalue weighted by atomic mass is 10.2. The van der Waals surface area contributed by atoms with E-state index >= 15 is 0 Å². The number of nitrogens with zero attached hydrogens (tertiary/aromatic N) is 3. The molecule has 0 saturated heterocycles. The molecule has 0 fully saturated rings. The number of aromatic nitrogens is 1. The van der Waals surface area contributed by atoms with Crippen LogP contribution in [0.1, 0.15) is 11.3 Å². The zero-order chi connectivity index (χ0) is 21.0. The van der Waals surface area contributed by atoms with Gasteiger partial charge in [-0.25, -0.2) is 12.7 Å². The third kappa shape index (κ3) is 4.39. The van der Waals surface area contributed by atoms with Crippen molar-refractivity contribution in [3.8, 4) is 23.3 Å². The first-order chi connectivity index (χ1) is 13.8. The van der Waals surface area contributed by atoms with Crippen LogP contribution in [0.25, 0.3) is 11.5 Å². The van der Waals surface area contributed by atoms with Crippen LogP contribution in [0, 0.1) is 11.3 Å². The number of sulfonamides is 1. The van der Waals surface area contributed by atoms with Crippen LogP contribution in [0.2, 0.25) is 0 Å². The molecule has 0 aliphatic carbocycles. The van der Waals surface area contributed by atoms with Crippen molar-refractivity contribution in [2.24, 2.45) is 0 Å². The maximum absolute atomic E-state index is 12.2. The van der Waals surface area contributed by atoms with Gasteiger partial charge in [-0.2, -0.15) is 10.2 Å². The van der Waals surface area contributed by atoms with Crippen LogP contribution < -0.4 is 10.1 Å². The van der Waals surface area contributed by atoms with Crippen LogP contribution in [-0.4, -0.2) is 38.9 Å². The summed E-state index contributed by atoms with van der Waals surface area (Å²) in [5.74, 6) is 1.24. The van der Waals surface area contributed by atoms with Crippen molar-refractivity contribution in [3.05, 3.63) is 59.8 Å². The number of hydrogen-bond donors (Lipinski definition) is 1. The predicted octanol–water partition coefficient (Wildman–Crippen LogP) is 3.08. The van der Waals surface area contributed by atoms with Gasteiger partial charge in [0.15, 0.2) is 0 Å². The van der Waals surface area contributed by atoms with E-state index in [2.05, 4.69) is 10.3 Å². The van der Waals surface area contributed by atoms with Gasteiger partial charge in [-0.1, -0.05) is 12.1 Å². The van der Waals surface area contributed by atoms with Gasteiger partial charge in [-0.05, 0) is 42.0 Å². The van der Waals surface area contributed by atoms with Gasteiger partial charge in [0.25, 0.3) is 0 Å². The van der Waals surface area contributed by atoms with Gasteiger partial charge >= 0.3 is 0 Å². The number of hydrogen-bond acceptors (Lipinski definition) is 7. The van der Waals surface area contributed by atoms with E-state index in [9.17, 15) is 13.7 Å². The normalized spacial score (nSPS) is 11.3. The molecule has 1 aromatic heterocycles. The third-order valence-electron chi connectivity index (χ3n) is 4.23. The van der Waals surface area contributed by atoms with Crippen LogP contribution in [0.15, 0.2) is 57.8 Å². The Labute approximate surface area is 169 Å². The first-order valence-electron chi connectivity index (χ1n) is 8.66. The molecule has 29 heavy (non-hydrogen) atoms. The van der Waals surface area contributed by atoms with Crippen molar-refractivity contribution >= 4 is 15.9 Å². The molecular formula is C20H20N4O4S. The number of oxazole rings is 1. The lowest BCUT2D eigenvalue weighted by molar-refractivity contribution is 0.414. The number of nitrogens with one attached hydrogen (secondary N) is 1. The van der Waals surface area contributed by atoms with Crippen molar-refractivity contribution in [3.63, 3.8) is 0 Å². The van der Waals surface area contributed by atoms with Gasteiger partial charge in [-0.3, -0.25) is 0 Å². The molecule has 0 bridgehead atoms. The minimum absolute atomic E-state index is 0.124. The topological polar surface area (TPSA) is 108 Å². The SMILES string of the molecule is COc1ccc(CNc2oc(-c3ccc(S(=O)(=O)N(C)C)cc3)nc2C#N)cc1. The highest BCUT2D eigenvalue weighted by Gasteiger charge is 2.19. The monoisotopic (exact) mass is 412 g/mol. The van der Waals surface area contributed by atoms with Gasteiger partial charge < -0.3 is 14.5 Å². The van der Waals surface area contributed by atoms with Gasteiger partial charge in [0.1, 0.15) is 11.8 Å². The first-order valence-corrected chi connectivity index (χ1v) is 10.1. The highest BCUT2D eigenvalue weighted by molar-refractivity contribution is 7.89. The molecule has 0 spiro atoms. The molecule has 0 unspecified atom stereocenters. The summed E-state index contributed by atoms with van der Waals surface area (Å²) < 4.78 is 36.3. The zero-order valence-electron chi connectivity index (χ0n) is 16.2. The van der Waals surface area contributed by atoms with E-state index in [0.717, 1.165) is 15.6 Å². The molecule has 1 heterocycles. The molecular weight excluding hydrogens is 392 g/mol. The summed E-state index contributed by atoms with van der Waals surface area (Å²) in [5, 5.41) is 12.4. The number of rotatable bonds is 7. The Morgan fingerprint density at radius 2 is 1.79 bits per heavy atom. The summed E-state index contributed by atoms with van der Waals surface area (Å²) in [4.78, 5) is 4.36. The Kier molecular flexibility index (Phi) is 5.87. The standard InChI is InChI=1S/C20H20N4O4S/c1-24(2)29(25,26)17-10-6-15(7-11-17)19-23-18(12-21)20(28-19)22-13-14-4-8-16(27-3)9-5-14/h4-11,22H,13H2,1-3H3. The molecule has 1 N–H and O–H groups in total. The number of ether oxygens (including phenoxy) is 1. The second kappa shape index (κ2) is 8.34. The number of methoxy groups -OCH3 is 1. The second-order valence-electron chi connectivity index (χ2n) is 6.32. The van der Waals surface area contributed by atoms with Crippen LogP contribution in [0.4, 0.5) is 5.88 Å². The highest BCUT2D eigenvalue weighted by atomic mass is 32.2. The summed E-state index contributed by atoms with van der Waals surface area (Å²) >= 11 is 0. The van der Waals surface area contributed by atoms with Gasteiger partial charge in [0.05, 0.1) is 12.0 Å². The Morgan fingerprint density at radius 1 is 1.14 bits per heavy atom. The lowest BCUT2D eigenvalue weighted by Crippen LogP contribution is -2.22. The molecule has 150 valence electrons.